The third-order valence-electron chi connectivity index (χ3n) is 2.76. The van der Waals surface area contributed by atoms with Gasteiger partial charge in [-0.1, -0.05) is 5.16 Å². The Hall–Kier alpha value is -1.85. The standard InChI is InChI=1S/C15H20N2O3/c1-3-18-8-9-19-14-6-4-12(5-7-14)15-10-13(11-16-2)17-20-15/h4-7,10,16H,3,8-9,11H2,1-2H3. The fourth-order valence-electron chi connectivity index (χ4n) is 1.79. The van der Waals surface area contributed by atoms with Crippen LogP contribution in [0.25, 0.3) is 11.3 Å². The molecule has 2 rings (SSSR count). The Bertz CT molecular complexity index is 508. The van der Waals surface area contributed by atoms with Crippen LogP contribution in [-0.2, 0) is 11.3 Å². The van der Waals surface area contributed by atoms with Crippen molar-refractivity contribution in [1.82, 2.24) is 10.5 Å². The van der Waals surface area contributed by atoms with Crippen LogP contribution in [0, 0.1) is 0 Å². The first kappa shape index (κ1) is 14.6. The summed E-state index contributed by atoms with van der Waals surface area (Å²) in [7, 11) is 1.88. The number of hydrogen-bond acceptors (Lipinski definition) is 5. The summed E-state index contributed by atoms with van der Waals surface area (Å²) >= 11 is 0. The van der Waals surface area contributed by atoms with E-state index in [0.29, 0.717) is 26.4 Å². The zero-order valence-corrected chi connectivity index (χ0v) is 11.9. The Morgan fingerprint density at radius 3 is 2.70 bits per heavy atom. The molecule has 1 aromatic carbocycles. The summed E-state index contributed by atoms with van der Waals surface area (Å²) in [4.78, 5) is 0. The number of benzene rings is 1. The van der Waals surface area contributed by atoms with Gasteiger partial charge in [-0.15, -0.1) is 0 Å². The third-order valence-corrected chi connectivity index (χ3v) is 2.76. The van der Waals surface area contributed by atoms with Crippen molar-refractivity contribution in [2.45, 2.75) is 13.5 Å². The SMILES string of the molecule is CCOCCOc1ccc(-c2cc(CNC)no2)cc1. The molecule has 0 saturated carbocycles. The van der Waals surface area contributed by atoms with Gasteiger partial charge in [0, 0.05) is 24.8 Å². The lowest BCUT2D eigenvalue weighted by atomic mass is 10.1. The summed E-state index contributed by atoms with van der Waals surface area (Å²) in [6.45, 7) is 4.54. The largest absolute Gasteiger partial charge is 0.491 e. The van der Waals surface area contributed by atoms with Crippen molar-refractivity contribution in [3.05, 3.63) is 36.0 Å². The summed E-state index contributed by atoms with van der Waals surface area (Å²) < 4.78 is 16.1. The first-order chi connectivity index (χ1) is 9.83. The number of nitrogens with zero attached hydrogens (tertiary/aromatic N) is 1. The van der Waals surface area contributed by atoms with Gasteiger partial charge >= 0.3 is 0 Å². The van der Waals surface area contributed by atoms with Crippen molar-refractivity contribution >= 4 is 0 Å². The molecule has 0 saturated heterocycles. The zero-order chi connectivity index (χ0) is 14.2. The molecule has 1 heterocycles. The molecule has 108 valence electrons. The number of ether oxygens (including phenoxy) is 2. The molecule has 0 aliphatic rings. The van der Waals surface area contributed by atoms with E-state index in [1.807, 2.05) is 44.3 Å². The molecule has 20 heavy (non-hydrogen) atoms. The van der Waals surface area contributed by atoms with Crippen LogP contribution in [0.15, 0.2) is 34.9 Å². The molecule has 0 fully saturated rings. The molecule has 1 aromatic heterocycles. The van der Waals surface area contributed by atoms with E-state index < -0.39 is 0 Å². The van der Waals surface area contributed by atoms with Crippen LogP contribution in [0.3, 0.4) is 0 Å². The van der Waals surface area contributed by atoms with Gasteiger partial charge in [0.25, 0.3) is 0 Å². The van der Waals surface area contributed by atoms with E-state index in [0.717, 1.165) is 22.8 Å². The molecular formula is C15H20N2O3. The predicted octanol–water partition coefficient (Wildman–Crippen LogP) is 2.48. The summed E-state index contributed by atoms with van der Waals surface area (Å²) in [6.07, 6.45) is 0. The maximum Gasteiger partial charge on any atom is 0.167 e. The van der Waals surface area contributed by atoms with Gasteiger partial charge in [-0.2, -0.15) is 0 Å². The molecule has 0 unspecified atom stereocenters. The highest BCUT2D eigenvalue weighted by atomic mass is 16.5. The molecule has 0 atom stereocenters. The molecule has 1 N–H and O–H groups in total. The minimum absolute atomic E-state index is 0.557. The van der Waals surface area contributed by atoms with Gasteiger partial charge in [-0.05, 0) is 38.2 Å². The van der Waals surface area contributed by atoms with Crippen molar-refractivity contribution in [2.75, 3.05) is 26.9 Å². The monoisotopic (exact) mass is 276 g/mol. The number of nitrogens with one attached hydrogen (secondary N) is 1. The molecule has 5 nitrogen and oxygen atoms in total. The first-order valence-corrected chi connectivity index (χ1v) is 6.74. The van der Waals surface area contributed by atoms with Crippen molar-refractivity contribution < 1.29 is 14.0 Å². The van der Waals surface area contributed by atoms with Gasteiger partial charge in [-0.25, -0.2) is 0 Å². The second kappa shape index (κ2) is 7.67. The number of hydrogen-bond donors (Lipinski definition) is 1. The highest BCUT2D eigenvalue weighted by molar-refractivity contribution is 5.58. The average molecular weight is 276 g/mol. The fourth-order valence-corrected chi connectivity index (χ4v) is 1.79. The van der Waals surface area contributed by atoms with Crippen LogP contribution in [-0.4, -0.2) is 32.0 Å². The van der Waals surface area contributed by atoms with E-state index in [2.05, 4.69) is 10.5 Å². The predicted molar refractivity (Wildman–Crippen MR) is 76.7 cm³/mol. The molecular weight excluding hydrogens is 256 g/mol. The molecule has 0 aliphatic heterocycles. The lowest BCUT2D eigenvalue weighted by molar-refractivity contribution is 0.110. The van der Waals surface area contributed by atoms with Crippen molar-refractivity contribution in [3.8, 4) is 17.1 Å². The summed E-state index contributed by atoms with van der Waals surface area (Å²) in [5.74, 6) is 1.58. The quantitative estimate of drug-likeness (QED) is 0.751. The van der Waals surface area contributed by atoms with Gasteiger partial charge in [0.2, 0.25) is 0 Å². The average Bonchev–Trinajstić information content (AvgIpc) is 2.93. The van der Waals surface area contributed by atoms with Crippen LogP contribution < -0.4 is 10.1 Å². The maximum atomic E-state index is 5.56. The highest BCUT2D eigenvalue weighted by Crippen LogP contribution is 2.23. The normalized spacial score (nSPS) is 10.7. The smallest absolute Gasteiger partial charge is 0.167 e. The number of rotatable bonds is 8. The van der Waals surface area contributed by atoms with Crippen molar-refractivity contribution in [3.63, 3.8) is 0 Å². The van der Waals surface area contributed by atoms with Crippen molar-refractivity contribution in [2.24, 2.45) is 0 Å². The minimum atomic E-state index is 0.557. The fraction of sp³-hybridized carbons (Fsp3) is 0.400. The third kappa shape index (κ3) is 4.08. The van der Waals surface area contributed by atoms with Gasteiger partial charge in [0.15, 0.2) is 5.76 Å². The van der Waals surface area contributed by atoms with Gasteiger partial charge in [0.05, 0.1) is 12.3 Å². The second-order valence-corrected chi connectivity index (χ2v) is 4.28. The lowest BCUT2D eigenvalue weighted by Crippen LogP contribution is -2.06. The van der Waals surface area contributed by atoms with E-state index >= 15 is 0 Å². The molecule has 0 radical (unpaired) electrons. The molecule has 0 bridgehead atoms. The Balaban J connectivity index is 1.93. The molecule has 0 amide bonds. The lowest BCUT2D eigenvalue weighted by Gasteiger charge is -2.06. The van der Waals surface area contributed by atoms with Gasteiger partial charge in [-0.3, -0.25) is 0 Å². The molecule has 0 spiro atoms. The van der Waals surface area contributed by atoms with Crippen molar-refractivity contribution in [1.29, 1.82) is 0 Å². The topological polar surface area (TPSA) is 56.5 Å². The number of aromatic nitrogens is 1. The van der Waals surface area contributed by atoms with Crippen LogP contribution >= 0.6 is 0 Å². The molecule has 5 heteroatoms. The highest BCUT2D eigenvalue weighted by Gasteiger charge is 2.06. The van der Waals surface area contributed by atoms with E-state index in [4.69, 9.17) is 14.0 Å². The second-order valence-electron chi connectivity index (χ2n) is 4.28. The summed E-state index contributed by atoms with van der Waals surface area (Å²) in [5.41, 5.74) is 1.87. The maximum absolute atomic E-state index is 5.56. The molecule has 0 aliphatic carbocycles. The van der Waals surface area contributed by atoms with E-state index in [9.17, 15) is 0 Å². The van der Waals surface area contributed by atoms with Gasteiger partial charge < -0.3 is 19.3 Å². The van der Waals surface area contributed by atoms with E-state index in [1.54, 1.807) is 0 Å². The van der Waals surface area contributed by atoms with Crippen LogP contribution in [0.1, 0.15) is 12.6 Å². The zero-order valence-electron chi connectivity index (χ0n) is 11.9. The first-order valence-electron chi connectivity index (χ1n) is 6.74. The minimum Gasteiger partial charge on any atom is -0.491 e. The Kier molecular flexibility index (Phi) is 5.58. The summed E-state index contributed by atoms with van der Waals surface area (Å²) in [5, 5.41) is 7.03. The Morgan fingerprint density at radius 1 is 1.20 bits per heavy atom. The Labute approximate surface area is 118 Å². The van der Waals surface area contributed by atoms with Gasteiger partial charge in [0.1, 0.15) is 12.4 Å². The molecule has 2 aromatic rings. The van der Waals surface area contributed by atoms with E-state index in [1.165, 1.54) is 0 Å². The van der Waals surface area contributed by atoms with E-state index in [-0.39, 0.29) is 0 Å². The van der Waals surface area contributed by atoms with Crippen LogP contribution in [0.4, 0.5) is 0 Å². The van der Waals surface area contributed by atoms with Crippen LogP contribution in [0.2, 0.25) is 0 Å². The summed E-state index contributed by atoms with van der Waals surface area (Å²) in [6, 6.07) is 9.68. The Morgan fingerprint density at radius 2 is 2.00 bits per heavy atom. The van der Waals surface area contributed by atoms with Crippen LogP contribution in [0.5, 0.6) is 5.75 Å².